The van der Waals surface area contributed by atoms with Gasteiger partial charge in [0.05, 0.1) is 16.7 Å². The molecular formula is C29H46N4O8S2. The van der Waals surface area contributed by atoms with E-state index in [4.69, 9.17) is 9.84 Å². The van der Waals surface area contributed by atoms with Crippen molar-refractivity contribution in [3.8, 4) is 0 Å². The summed E-state index contributed by atoms with van der Waals surface area (Å²) in [4.78, 5) is 78.6. The van der Waals surface area contributed by atoms with Crippen molar-refractivity contribution in [2.75, 3.05) is 31.2 Å². The third-order valence-corrected chi connectivity index (χ3v) is 11.3. The van der Waals surface area contributed by atoms with E-state index < -0.39 is 58.4 Å². The highest BCUT2D eigenvalue weighted by molar-refractivity contribution is 8.18. The number of nitrogens with zero attached hydrogens (tertiary/aromatic N) is 1. The summed E-state index contributed by atoms with van der Waals surface area (Å²) in [6, 6.07) is -2.91. The number of carboxylic acids is 1. The summed E-state index contributed by atoms with van der Waals surface area (Å²) in [6.45, 7) is 5.47. The maximum absolute atomic E-state index is 14.3. The second kappa shape index (κ2) is 16.6. The molecule has 3 rings (SSSR count). The Kier molecular flexibility index (Phi) is 13.5. The molecule has 12 nitrogen and oxygen atoms in total. The lowest BCUT2D eigenvalue weighted by molar-refractivity contribution is -0.144. The number of hydrogen-bond acceptors (Lipinski definition) is 9. The van der Waals surface area contributed by atoms with Gasteiger partial charge in [-0.1, -0.05) is 46.5 Å². The Bertz CT molecular complexity index is 1030. The zero-order valence-corrected chi connectivity index (χ0v) is 27.0. The van der Waals surface area contributed by atoms with Gasteiger partial charge in [0, 0.05) is 13.0 Å². The molecule has 2 heterocycles. The standard InChI is InChI=1S/C29H46N4O8S2/c1-4-9-20(24(36)26(38)30-15-22(34)35)31-25(37)21-14-29(42-12-8-13-43-29)17-33(21)27(39)23(19-10-6-5-7-11-19)32-28(40)41-16-18(2)3/h18-21,23H,4-17H2,1-3H3,(H,30,38)(H,31,37)(H,32,40)(H,34,35)/t20?,21-,23?/m0/s1. The van der Waals surface area contributed by atoms with Crippen LogP contribution in [-0.2, 0) is 28.7 Å². The zero-order chi connectivity index (χ0) is 31.6. The predicted octanol–water partition coefficient (Wildman–Crippen LogP) is 2.54. The van der Waals surface area contributed by atoms with Gasteiger partial charge in [-0.25, -0.2) is 4.79 Å². The molecule has 43 heavy (non-hydrogen) atoms. The molecule has 0 aromatic rings. The minimum absolute atomic E-state index is 0.0906. The molecule has 4 N–H and O–H groups in total. The Hall–Kier alpha value is -2.48. The second-order valence-electron chi connectivity index (χ2n) is 12.0. The van der Waals surface area contributed by atoms with Gasteiger partial charge in [-0.2, -0.15) is 0 Å². The molecule has 0 aromatic carbocycles. The number of hydrogen-bond donors (Lipinski definition) is 4. The third-order valence-electron chi connectivity index (χ3n) is 7.94. The molecule has 0 aromatic heterocycles. The number of carbonyl (C=O) groups is 6. The van der Waals surface area contributed by atoms with E-state index in [0.29, 0.717) is 19.4 Å². The maximum Gasteiger partial charge on any atom is 0.407 e. The van der Waals surface area contributed by atoms with Crippen LogP contribution < -0.4 is 16.0 Å². The van der Waals surface area contributed by atoms with E-state index in [9.17, 15) is 28.8 Å². The fourth-order valence-corrected chi connectivity index (χ4v) is 9.15. The highest BCUT2D eigenvalue weighted by Gasteiger charge is 2.52. The van der Waals surface area contributed by atoms with Gasteiger partial charge in [-0.3, -0.25) is 24.0 Å². The maximum atomic E-state index is 14.3. The van der Waals surface area contributed by atoms with Crippen LogP contribution in [0.3, 0.4) is 0 Å². The highest BCUT2D eigenvalue weighted by Crippen LogP contribution is 2.50. The average Bonchev–Trinajstić information content (AvgIpc) is 3.35. The van der Waals surface area contributed by atoms with E-state index >= 15 is 0 Å². The molecule has 4 amide bonds. The average molecular weight is 643 g/mol. The molecule has 1 spiro atoms. The number of aliphatic carboxylic acids is 1. The fraction of sp³-hybridized carbons (Fsp3) is 0.793. The van der Waals surface area contributed by atoms with E-state index in [1.807, 2.05) is 13.8 Å². The summed E-state index contributed by atoms with van der Waals surface area (Å²) in [7, 11) is 0. The van der Waals surface area contributed by atoms with Crippen molar-refractivity contribution >= 4 is 59.1 Å². The summed E-state index contributed by atoms with van der Waals surface area (Å²) in [6.07, 6.45) is 5.90. The van der Waals surface area contributed by atoms with Gasteiger partial charge >= 0.3 is 12.1 Å². The van der Waals surface area contributed by atoms with Gasteiger partial charge in [0.2, 0.25) is 17.6 Å². The van der Waals surface area contributed by atoms with Crippen LogP contribution in [0, 0.1) is 11.8 Å². The van der Waals surface area contributed by atoms with Crippen molar-refractivity contribution < 1.29 is 38.6 Å². The Balaban J connectivity index is 1.85. The largest absolute Gasteiger partial charge is 0.480 e. The van der Waals surface area contributed by atoms with Crippen molar-refractivity contribution in [2.24, 2.45) is 11.8 Å². The Morgan fingerprint density at radius 3 is 2.28 bits per heavy atom. The van der Waals surface area contributed by atoms with Crippen molar-refractivity contribution in [2.45, 2.75) is 101 Å². The number of nitrogens with one attached hydrogen (secondary N) is 3. The second-order valence-corrected chi connectivity index (χ2v) is 15.2. The quantitative estimate of drug-likeness (QED) is 0.219. The van der Waals surface area contributed by atoms with Gasteiger partial charge in [0.15, 0.2) is 0 Å². The first-order valence-electron chi connectivity index (χ1n) is 15.3. The van der Waals surface area contributed by atoms with Crippen molar-refractivity contribution in [1.29, 1.82) is 0 Å². The van der Waals surface area contributed by atoms with Crippen LogP contribution in [0.25, 0.3) is 0 Å². The number of thioether (sulfide) groups is 2. The number of ketones is 1. The summed E-state index contributed by atoms with van der Waals surface area (Å²) in [5, 5.41) is 16.5. The molecule has 2 saturated heterocycles. The molecule has 3 aliphatic rings. The van der Waals surface area contributed by atoms with Gasteiger partial charge in [0.25, 0.3) is 5.91 Å². The number of carbonyl (C=O) groups excluding carboxylic acids is 5. The smallest absolute Gasteiger partial charge is 0.407 e. The molecule has 3 fully saturated rings. The van der Waals surface area contributed by atoms with Gasteiger partial charge in [0.1, 0.15) is 18.6 Å². The number of rotatable bonds is 13. The van der Waals surface area contributed by atoms with Crippen LogP contribution in [0.4, 0.5) is 4.79 Å². The van der Waals surface area contributed by atoms with E-state index in [-0.39, 0.29) is 30.8 Å². The predicted molar refractivity (Wildman–Crippen MR) is 165 cm³/mol. The van der Waals surface area contributed by atoms with Crippen LogP contribution in [0.2, 0.25) is 0 Å². The zero-order valence-electron chi connectivity index (χ0n) is 25.4. The molecule has 242 valence electrons. The number of likely N-dealkylation sites (tertiary alicyclic amines) is 1. The van der Waals surface area contributed by atoms with E-state index in [2.05, 4.69) is 16.0 Å². The summed E-state index contributed by atoms with van der Waals surface area (Å²) >= 11 is 3.46. The summed E-state index contributed by atoms with van der Waals surface area (Å²) < 4.78 is 4.97. The lowest BCUT2D eigenvalue weighted by Crippen LogP contribution is -2.58. The molecule has 14 heteroatoms. The normalized spacial score (nSPS) is 21.6. The fourth-order valence-electron chi connectivity index (χ4n) is 5.80. The van der Waals surface area contributed by atoms with Crippen LogP contribution in [0.5, 0.6) is 0 Å². The SMILES string of the molecule is CCCC(NC(=O)[C@@H]1CC2(CN1C(=O)C(NC(=O)OCC(C)C)C1CCCCC1)SCCCS2)C(=O)C(=O)NCC(=O)O. The topological polar surface area (TPSA) is 171 Å². The molecule has 1 aliphatic carbocycles. The van der Waals surface area contributed by atoms with Crippen LogP contribution in [0.15, 0.2) is 0 Å². The van der Waals surface area contributed by atoms with Gasteiger partial charge in [-0.05, 0) is 49.0 Å². The molecule has 1 saturated carbocycles. The van der Waals surface area contributed by atoms with E-state index in [1.54, 1.807) is 35.3 Å². The minimum atomic E-state index is -1.29. The van der Waals surface area contributed by atoms with E-state index in [0.717, 1.165) is 50.0 Å². The van der Waals surface area contributed by atoms with Crippen LogP contribution in [0.1, 0.15) is 78.6 Å². The number of Topliss-reactive ketones (excluding diaryl/α,β-unsaturated/α-hetero) is 1. The van der Waals surface area contributed by atoms with Crippen LogP contribution >= 0.6 is 23.5 Å². The van der Waals surface area contributed by atoms with E-state index in [1.165, 1.54) is 0 Å². The first kappa shape index (κ1) is 35.0. The molecule has 0 radical (unpaired) electrons. The number of amides is 4. The Morgan fingerprint density at radius 1 is 1.00 bits per heavy atom. The molecule has 0 bridgehead atoms. The third kappa shape index (κ3) is 10.0. The Morgan fingerprint density at radius 2 is 1.67 bits per heavy atom. The highest BCUT2D eigenvalue weighted by atomic mass is 32.2. The summed E-state index contributed by atoms with van der Waals surface area (Å²) in [5.74, 6) is -2.35. The van der Waals surface area contributed by atoms with Crippen molar-refractivity contribution in [3.63, 3.8) is 0 Å². The lowest BCUT2D eigenvalue weighted by atomic mass is 9.83. The Labute approximate surface area is 261 Å². The molecule has 2 unspecified atom stereocenters. The number of carboxylic acid groups (broad SMARTS) is 1. The lowest BCUT2D eigenvalue weighted by Gasteiger charge is -2.35. The van der Waals surface area contributed by atoms with Gasteiger partial charge < -0.3 is 30.7 Å². The van der Waals surface area contributed by atoms with Crippen molar-refractivity contribution in [3.05, 3.63) is 0 Å². The first-order chi connectivity index (χ1) is 20.5. The molecule has 2 aliphatic heterocycles. The monoisotopic (exact) mass is 642 g/mol. The minimum Gasteiger partial charge on any atom is -0.480 e. The number of alkyl carbamates (subject to hydrolysis) is 1. The first-order valence-corrected chi connectivity index (χ1v) is 17.3. The molecular weight excluding hydrogens is 596 g/mol. The number of ether oxygens (including phenoxy) is 1. The molecule has 3 atom stereocenters. The summed E-state index contributed by atoms with van der Waals surface area (Å²) in [5.41, 5.74) is 0. The van der Waals surface area contributed by atoms with Crippen molar-refractivity contribution in [1.82, 2.24) is 20.9 Å². The van der Waals surface area contributed by atoms with Crippen LogP contribution in [-0.4, -0.2) is 99.0 Å². The van der Waals surface area contributed by atoms with Gasteiger partial charge in [-0.15, -0.1) is 23.5 Å².